The molecule has 0 amide bonds. The Kier molecular flexibility index (Phi) is 5.03. The van der Waals surface area contributed by atoms with Gasteiger partial charge in [0, 0.05) is 0 Å². The van der Waals surface area contributed by atoms with Crippen molar-refractivity contribution in [1.82, 2.24) is 0 Å². The van der Waals surface area contributed by atoms with E-state index in [0.29, 0.717) is 0 Å². The van der Waals surface area contributed by atoms with Crippen LogP contribution >= 0.6 is 21.2 Å². The van der Waals surface area contributed by atoms with E-state index in [-0.39, 0.29) is 0 Å². The molecule has 0 spiro atoms. The average molecular weight is 189 g/mol. The molecule has 0 atom stereocenters. The molecule has 0 aliphatic heterocycles. The monoisotopic (exact) mass is 187 g/mol. The van der Waals surface area contributed by atoms with Crippen molar-refractivity contribution in [2.24, 2.45) is 5.92 Å². The molecule has 7 heavy (non-hydrogen) atoms. The standard InChI is InChI=1S/C4H9.2H2S.Zn/c1-4(2)3;;;/h4H,1H2,2-3H3;2*1H2;/q;;;+2/p-2. The third-order valence-corrected chi connectivity index (χ3v) is 7.02. The Morgan fingerprint density at radius 1 is 1.43 bits per heavy atom. The van der Waals surface area contributed by atoms with E-state index in [2.05, 4.69) is 35.1 Å². The van der Waals surface area contributed by atoms with Gasteiger partial charge in [-0.25, -0.2) is 0 Å². The topological polar surface area (TPSA) is 0 Å². The molecule has 0 aliphatic rings. The van der Waals surface area contributed by atoms with E-state index < -0.39 is 13.5 Å². The van der Waals surface area contributed by atoms with Crippen LogP contribution in [-0.4, -0.2) is 0 Å². The molecule has 0 aromatic carbocycles. The van der Waals surface area contributed by atoms with Gasteiger partial charge in [0.25, 0.3) is 0 Å². The molecule has 0 saturated heterocycles. The minimum absolute atomic E-state index is 0.815. The Bertz CT molecular complexity index is 39.0. The first kappa shape index (κ1) is 8.32. The van der Waals surface area contributed by atoms with Crippen molar-refractivity contribution in [2.45, 2.75) is 18.9 Å². The first-order chi connectivity index (χ1) is 3.13. The maximum absolute atomic E-state index is 4.31. The second kappa shape index (κ2) is 4.23. The Morgan fingerprint density at radius 3 is 1.86 bits per heavy atom. The van der Waals surface area contributed by atoms with E-state index in [1.54, 1.807) is 0 Å². The number of hydrogen-bond acceptors (Lipinski definition) is 2. The Hall–Kier alpha value is 1.32. The van der Waals surface area contributed by atoms with Crippen LogP contribution in [-0.2, 0) is 13.5 Å². The van der Waals surface area contributed by atoms with Crippen LogP contribution in [0.4, 0.5) is 0 Å². The molecule has 0 heterocycles. The average Bonchev–Trinajstić information content (AvgIpc) is 1.27. The van der Waals surface area contributed by atoms with Gasteiger partial charge < -0.3 is 0 Å². The van der Waals surface area contributed by atoms with Gasteiger partial charge in [0.2, 0.25) is 0 Å². The molecule has 0 fully saturated rings. The van der Waals surface area contributed by atoms with E-state index in [9.17, 15) is 0 Å². The summed E-state index contributed by atoms with van der Waals surface area (Å²) >= 11 is -1.39. The summed E-state index contributed by atoms with van der Waals surface area (Å²) in [5.74, 6) is 0.815. The third kappa shape index (κ3) is 7.32. The molecule has 0 aromatic rings. The summed E-state index contributed by atoms with van der Waals surface area (Å²) in [6.07, 6.45) is 0. The van der Waals surface area contributed by atoms with Crippen LogP contribution in [0.1, 0.15) is 13.8 Å². The SMILES string of the molecule is CC(C)[CH2][Zn]([SH])[SH]. The summed E-state index contributed by atoms with van der Waals surface area (Å²) in [6, 6.07) is 0. The molecular weight excluding hydrogens is 178 g/mol. The van der Waals surface area contributed by atoms with Crippen molar-refractivity contribution in [1.29, 1.82) is 0 Å². The normalized spacial score (nSPS) is 9.86. The summed E-state index contributed by atoms with van der Waals surface area (Å²) in [4.78, 5) is 0. The van der Waals surface area contributed by atoms with Crippen LogP contribution in [0.2, 0.25) is 5.02 Å². The zero-order chi connectivity index (χ0) is 5.86. The van der Waals surface area contributed by atoms with Crippen molar-refractivity contribution in [3.8, 4) is 0 Å². The van der Waals surface area contributed by atoms with Gasteiger partial charge in [0.05, 0.1) is 0 Å². The zero-order valence-corrected chi connectivity index (χ0v) is 9.64. The van der Waals surface area contributed by atoms with Gasteiger partial charge in [0.1, 0.15) is 0 Å². The van der Waals surface area contributed by atoms with Crippen LogP contribution in [0, 0.1) is 5.92 Å². The summed E-state index contributed by atoms with van der Waals surface area (Å²) in [5, 5.41) is 1.30. The van der Waals surface area contributed by atoms with Crippen LogP contribution in [0.3, 0.4) is 0 Å². The van der Waals surface area contributed by atoms with Gasteiger partial charge >= 0.3 is 59.5 Å². The first-order valence-electron chi connectivity index (χ1n) is 2.70. The van der Waals surface area contributed by atoms with Crippen LogP contribution in [0.25, 0.3) is 0 Å². The fraction of sp³-hybridized carbons (Fsp3) is 1.00. The molecule has 3 heteroatoms. The fourth-order valence-corrected chi connectivity index (χ4v) is 8.05. The van der Waals surface area contributed by atoms with Crippen LogP contribution < -0.4 is 0 Å². The summed E-state index contributed by atoms with van der Waals surface area (Å²) in [5.41, 5.74) is 0. The van der Waals surface area contributed by atoms with E-state index in [1.807, 2.05) is 0 Å². The van der Waals surface area contributed by atoms with Crippen LogP contribution in [0.15, 0.2) is 0 Å². The van der Waals surface area contributed by atoms with E-state index in [0.717, 1.165) is 5.92 Å². The van der Waals surface area contributed by atoms with Crippen LogP contribution in [0.5, 0.6) is 0 Å². The van der Waals surface area contributed by atoms with Crippen molar-refractivity contribution in [3.63, 3.8) is 0 Å². The number of thiol groups is 2. The van der Waals surface area contributed by atoms with E-state index in [4.69, 9.17) is 0 Å². The second-order valence-corrected chi connectivity index (χ2v) is 16.5. The summed E-state index contributed by atoms with van der Waals surface area (Å²) in [6.45, 7) is 4.44. The molecular formula is C4H11S2Zn. The Balaban J connectivity index is 2.95. The molecule has 0 nitrogen and oxygen atoms in total. The quantitative estimate of drug-likeness (QED) is 0.483. The van der Waals surface area contributed by atoms with Crippen molar-refractivity contribution in [2.75, 3.05) is 0 Å². The second-order valence-electron chi connectivity index (χ2n) is 2.27. The van der Waals surface area contributed by atoms with E-state index >= 15 is 0 Å². The predicted molar refractivity (Wildman–Crippen MR) is 37.6 cm³/mol. The first-order valence-corrected chi connectivity index (χ1v) is 14.0. The molecule has 0 aromatic heterocycles. The molecule has 0 bridgehead atoms. The molecule has 0 radical (unpaired) electrons. The molecule has 0 unspecified atom stereocenters. The molecule has 0 N–H and O–H groups in total. The predicted octanol–water partition coefficient (Wildman–Crippen LogP) is 2.37. The van der Waals surface area contributed by atoms with Gasteiger partial charge in [-0.1, -0.05) is 0 Å². The van der Waals surface area contributed by atoms with Crippen molar-refractivity contribution >= 4 is 21.2 Å². The third-order valence-electron chi connectivity index (χ3n) is 0.836. The van der Waals surface area contributed by atoms with Crippen molar-refractivity contribution < 1.29 is 13.5 Å². The van der Waals surface area contributed by atoms with Gasteiger partial charge in [-0.05, 0) is 0 Å². The molecule has 0 saturated carbocycles. The summed E-state index contributed by atoms with van der Waals surface area (Å²) in [7, 11) is 8.62. The number of hydrogen-bond donors (Lipinski definition) is 2. The van der Waals surface area contributed by atoms with Gasteiger partial charge in [-0.15, -0.1) is 0 Å². The number of rotatable bonds is 2. The van der Waals surface area contributed by atoms with Gasteiger partial charge in [-0.2, -0.15) is 0 Å². The summed E-state index contributed by atoms with van der Waals surface area (Å²) < 4.78 is 0. The fourth-order valence-electron chi connectivity index (χ4n) is 0.516. The maximum atomic E-state index is 4.31. The molecule has 41 valence electrons. The minimum atomic E-state index is -1.39. The van der Waals surface area contributed by atoms with E-state index in [1.165, 1.54) is 5.02 Å². The van der Waals surface area contributed by atoms with Gasteiger partial charge in [0.15, 0.2) is 0 Å². The van der Waals surface area contributed by atoms with Crippen molar-refractivity contribution in [3.05, 3.63) is 0 Å². The molecule has 0 aliphatic carbocycles. The molecule has 0 rings (SSSR count). The zero-order valence-electron chi connectivity index (χ0n) is 4.89. The van der Waals surface area contributed by atoms with Gasteiger partial charge in [-0.3, -0.25) is 0 Å². The Labute approximate surface area is 59.5 Å². The Morgan fingerprint density at radius 2 is 1.86 bits per heavy atom.